The molecule has 3 heterocycles. The highest BCUT2D eigenvalue weighted by Gasteiger charge is 2.25. The third-order valence-electron chi connectivity index (χ3n) is 5.91. The Balaban J connectivity index is 1.45. The lowest BCUT2D eigenvalue weighted by Crippen LogP contribution is -2.49. The van der Waals surface area contributed by atoms with Crippen molar-refractivity contribution in [3.63, 3.8) is 0 Å². The minimum absolute atomic E-state index is 0.117. The molecule has 0 atom stereocenters. The molecule has 8 heteroatoms. The molecule has 5 rings (SSSR count). The SMILES string of the molecule is Cc1ccc(Cl)cc1N1CCN(C(=O)c2cccn3c(=O)c4cc(Br)ccc4nc23)CC1. The number of fused-ring (bicyclic) bond motifs is 2. The zero-order chi connectivity index (χ0) is 22.4. The predicted octanol–water partition coefficient (Wildman–Crippen LogP) is 4.53. The summed E-state index contributed by atoms with van der Waals surface area (Å²) in [6, 6.07) is 14.7. The van der Waals surface area contributed by atoms with Gasteiger partial charge < -0.3 is 9.80 Å². The van der Waals surface area contributed by atoms with E-state index >= 15 is 0 Å². The molecular formula is C24H20BrClN4O2. The van der Waals surface area contributed by atoms with Crippen molar-refractivity contribution in [2.75, 3.05) is 31.1 Å². The van der Waals surface area contributed by atoms with Gasteiger partial charge in [0, 0.05) is 47.6 Å². The lowest BCUT2D eigenvalue weighted by Gasteiger charge is -2.37. The molecular weight excluding hydrogens is 492 g/mol. The van der Waals surface area contributed by atoms with Crippen molar-refractivity contribution in [2.45, 2.75) is 6.92 Å². The van der Waals surface area contributed by atoms with E-state index in [4.69, 9.17) is 11.6 Å². The number of hydrogen-bond acceptors (Lipinski definition) is 4. The van der Waals surface area contributed by atoms with Crippen LogP contribution in [0.15, 0.2) is 64.0 Å². The number of aromatic nitrogens is 2. The van der Waals surface area contributed by atoms with E-state index in [1.807, 2.05) is 29.2 Å². The molecule has 6 nitrogen and oxygen atoms in total. The first-order valence-electron chi connectivity index (χ1n) is 10.3. The highest BCUT2D eigenvalue weighted by Crippen LogP contribution is 2.26. The second-order valence-corrected chi connectivity index (χ2v) is 9.26. The van der Waals surface area contributed by atoms with Gasteiger partial charge in [0.1, 0.15) is 0 Å². The number of nitrogens with zero attached hydrogens (tertiary/aromatic N) is 4. The molecule has 1 saturated heterocycles. The molecule has 1 aliphatic rings. The maximum absolute atomic E-state index is 13.4. The smallest absolute Gasteiger partial charge is 0.265 e. The molecule has 1 aliphatic heterocycles. The molecule has 0 radical (unpaired) electrons. The van der Waals surface area contributed by atoms with Crippen LogP contribution in [-0.4, -0.2) is 46.4 Å². The number of carbonyl (C=O) groups is 1. The second-order valence-electron chi connectivity index (χ2n) is 7.90. The van der Waals surface area contributed by atoms with Crippen LogP contribution in [0.1, 0.15) is 15.9 Å². The summed E-state index contributed by atoms with van der Waals surface area (Å²) in [5.41, 5.74) is 3.44. The molecule has 1 amide bonds. The minimum Gasteiger partial charge on any atom is -0.368 e. The molecule has 1 fully saturated rings. The van der Waals surface area contributed by atoms with Gasteiger partial charge in [-0.1, -0.05) is 33.6 Å². The number of carbonyl (C=O) groups excluding carboxylic acids is 1. The molecule has 0 unspecified atom stereocenters. The number of piperazine rings is 1. The van der Waals surface area contributed by atoms with E-state index in [2.05, 4.69) is 32.7 Å². The fourth-order valence-corrected chi connectivity index (χ4v) is 4.74. The van der Waals surface area contributed by atoms with E-state index in [0.717, 1.165) is 15.7 Å². The van der Waals surface area contributed by atoms with E-state index < -0.39 is 0 Å². The zero-order valence-corrected chi connectivity index (χ0v) is 19.7. The Morgan fingerprint density at radius 1 is 1.06 bits per heavy atom. The van der Waals surface area contributed by atoms with Crippen LogP contribution < -0.4 is 10.5 Å². The summed E-state index contributed by atoms with van der Waals surface area (Å²) in [6.07, 6.45) is 1.65. The van der Waals surface area contributed by atoms with Gasteiger partial charge in [-0.3, -0.25) is 14.0 Å². The van der Waals surface area contributed by atoms with Crippen molar-refractivity contribution in [3.05, 3.63) is 85.7 Å². The Bertz CT molecular complexity index is 1430. The first-order valence-corrected chi connectivity index (χ1v) is 11.5. The van der Waals surface area contributed by atoms with Gasteiger partial charge in [-0.25, -0.2) is 4.98 Å². The first-order chi connectivity index (χ1) is 15.4. The Morgan fingerprint density at radius 3 is 2.62 bits per heavy atom. The van der Waals surface area contributed by atoms with Crippen molar-refractivity contribution in [2.24, 2.45) is 0 Å². The Labute approximate surface area is 198 Å². The summed E-state index contributed by atoms with van der Waals surface area (Å²) in [4.78, 5) is 35.1. The van der Waals surface area contributed by atoms with E-state index in [9.17, 15) is 9.59 Å². The standard InChI is InChI=1S/C24H20BrClN4O2/c1-15-4-6-17(26)14-21(15)28-9-11-29(12-10-28)23(31)18-3-2-8-30-22(18)27-20-7-5-16(25)13-19(20)24(30)32/h2-8,13-14H,9-12H2,1H3. The van der Waals surface area contributed by atoms with Crippen molar-refractivity contribution in [3.8, 4) is 0 Å². The number of halogens is 2. The Kier molecular flexibility index (Phi) is 5.39. The molecule has 0 saturated carbocycles. The topological polar surface area (TPSA) is 57.9 Å². The third-order valence-corrected chi connectivity index (χ3v) is 6.64. The van der Waals surface area contributed by atoms with Gasteiger partial charge in [0.2, 0.25) is 0 Å². The largest absolute Gasteiger partial charge is 0.368 e. The van der Waals surface area contributed by atoms with E-state index in [0.29, 0.717) is 53.3 Å². The van der Waals surface area contributed by atoms with Gasteiger partial charge in [0.25, 0.3) is 11.5 Å². The third kappa shape index (κ3) is 3.65. The average molecular weight is 512 g/mol. The van der Waals surface area contributed by atoms with Gasteiger partial charge in [0.05, 0.1) is 16.5 Å². The number of rotatable bonds is 2. The van der Waals surface area contributed by atoms with Crippen LogP contribution >= 0.6 is 27.5 Å². The van der Waals surface area contributed by atoms with Crippen LogP contribution in [0.3, 0.4) is 0 Å². The molecule has 0 aliphatic carbocycles. The first kappa shape index (κ1) is 21.0. The fraction of sp³-hybridized carbons (Fsp3) is 0.208. The number of hydrogen-bond donors (Lipinski definition) is 0. The number of pyridine rings is 1. The summed E-state index contributed by atoms with van der Waals surface area (Å²) >= 11 is 9.59. The van der Waals surface area contributed by atoms with E-state index in [-0.39, 0.29) is 11.5 Å². The molecule has 4 aromatic rings. The second kappa shape index (κ2) is 8.22. The minimum atomic E-state index is -0.192. The van der Waals surface area contributed by atoms with Crippen LogP contribution in [-0.2, 0) is 0 Å². The quantitative estimate of drug-likeness (QED) is 0.371. The lowest BCUT2D eigenvalue weighted by atomic mass is 10.1. The molecule has 0 bridgehead atoms. The fourth-order valence-electron chi connectivity index (χ4n) is 4.21. The maximum atomic E-state index is 13.4. The van der Waals surface area contributed by atoms with Gasteiger partial charge in [-0.2, -0.15) is 0 Å². The Morgan fingerprint density at radius 2 is 1.84 bits per heavy atom. The lowest BCUT2D eigenvalue weighted by molar-refractivity contribution is 0.0748. The van der Waals surface area contributed by atoms with Crippen LogP contribution in [0.25, 0.3) is 16.6 Å². The summed E-state index contributed by atoms with van der Waals surface area (Å²) < 4.78 is 2.26. The monoisotopic (exact) mass is 510 g/mol. The molecule has 32 heavy (non-hydrogen) atoms. The predicted molar refractivity (Wildman–Crippen MR) is 131 cm³/mol. The van der Waals surface area contributed by atoms with Crippen molar-refractivity contribution in [1.82, 2.24) is 14.3 Å². The van der Waals surface area contributed by atoms with Crippen LogP contribution in [0.5, 0.6) is 0 Å². The summed E-state index contributed by atoms with van der Waals surface area (Å²) in [5.74, 6) is -0.117. The molecule has 0 N–H and O–H groups in total. The summed E-state index contributed by atoms with van der Waals surface area (Å²) in [7, 11) is 0. The number of aryl methyl sites for hydroxylation is 1. The number of amides is 1. The van der Waals surface area contributed by atoms with Crippen LogP contribution in [0.4, 0.5) is 5.69 Å². The van der Waals surface area contributed by atoms with Crippen molar-refractivity contribution < 1.29 is 4.79 Å². The van der Waals surface area contributed by atoms with Crippen molar-refractivity contribution in [1.29, 1.82) is 0 Å². The molecule has 2 aromatic heterocycles. The van der Waals surface area contributed by atoms with Gasteiger partial charge in [-0.15, -0.1) is 0 Å². The van der Waals surface area contributed by atoms with E-state index in [1.54, 1.807) is 30.5 Å². The van der Waals surface area contributed by atoms with E-state index in [1.165, 1.54) is 4.40 Å². The van der Waals surface area contributed by atoms with Gasteiger partial charge >= 0.3 is 0 Å². The van der Waals surface area contributed by atoms with Gasteiger partial charge in [-0.05, 0) is 55.0 Å². The summed E-state index contributed by atoms with van der Waals surface area (Å²) in [5, 5.41) is 1.21. The molecule has 162 valence electrons. The van der Waals surface area contributed by atoms with Gasteiger partial charge in [0.15, 0.2) is 5.65 Å². The zero-order valence-electron chi connectivity index (χ0n) is 17.4. The highest BCUT2D eigenvalue weighted by atomic mass is 79.9. The average Bonchev–Trinajstić information content (AvgIpc) is 2.81. The number of benzene rings is 2. The van der Waals surface area contributed by atoms with Crippen LogP contribution in [0, 0.1) is 6.92 Å². The maximum Gasteiger partial charge on any atom is 0.265 e. The molecule has 2 aromatic carbocycles. The molecule has 0 spiro atoms. The Hall–Kier alpha value is -2.90. The summed E-state index contributed by atoms with van der Waals surface area (Å²) in [6.45, 7) is 4.64. The number of anilines is 1. The van der Waals surface area contributed by atoms with Crippen molar-refractivity contribution >= 4 is 55.7 Å². The van der Waals surface area contributed by atoms with Crippen LogP contribution in [0.2, 0.25) is 5.02 Å². The normalized spacial score (nSPS) is 14.3. The highest BCUT2D eigenvalue weighted by molar-refractivity contribution is 9.10.